The lowest BCUT2D eigenvalue weighted by molar-refractivity contribution is -0.346. The van der Waals surface area contributed by atoms with Crippen molar-refractivity contribution in [2.24, 2.45) is 0 Å². The van der Waals surface area contributed by atoms with Gasteiger partial charge in [-0.2, -0.15) is 30.7 Å². The molecule has 1 aromatic carbocycles. The van der Waals surface area contributed by atoms with E-state index in [9.17, 15) is 35.5 Å². The van der Waals surface area contributed by atoms with Crippen molar-refractivity contribution in [3.05, 3.63) is 23.8 Å². The Balaban J connectivity index is 2.20. The molecule has 1 heterocycles. The zero-order chi connectivity index (χ0) is 20.6. The van der Waals surface area contributed by atoms with Gasteiger partial charge >= 0.3 is 18.0 Å². The number of amides is 1. The Bertz CT molecular complexity index is 706. The molecule has 2 rings (SSSR count). The highest BCUT2D eigenvalue weighted by Crippen LogP contribution is 2.47. The van der Waals surface area contributed by atoms with E-state index >= 15 is 0 Å². The molecule has 0 saturated heterocycles. The van der Waals surface area contributed by atoms with Gasteiger partial charge in [-0.05, 0) is 30.5 Å². The molecule has 0 fully saturated rings. The van der Waals surface area contributed by atoms with Crippen molar-refractivity contribution >= 4 is 5.91 Å². The summed E-state index contributed by atoms with van der Waals surface area (Å²) in [5, 5.41) is 0. The third kappa shape index (κ3) is 3.77. The summed E-state index contributed by atoms with van der Waals surface area (Å²) >= 11 is 0. The number of likely N-dealkylation sites (N-methyl/N-ethyl adjacent to an activating group) is 1. The zero-order valence-electron chi connectivity index (χ0n) is 14.2. The van der Waals surface area contributed by atoms with Gasteiger partial charge in [-0.15, -0.1) is 0 Å². The van der Waals surface area contributed by atoms with Crippen LogP contribution in [0.2, 0.25) is 0 Å². The van der Waals surface area contributed by atoms with Gasteiger partial charge in [-0.25, -0.2) is 0 Å². The van der Waals surface area contributed by atoms with Crippen molar-refractivity contribution in [3.63, 3.8) is 0 Å². The number of hydrogen-bond acceptors (Lipinski definition) is 3. The third-order valence-corrected chi connectivity index (χ3v) is 4.27. The Morgan fingerprint density at radius 2 is 1.70 bits per heavy atom. The van der Waals surface area contributed by atoms with Gasteiger partial charge in [0.1, 0.15) is 0 Å². The number of rotatable bonds is 6. The van der Waals surface area contributed by atoms with E-state index in [1.807, 2.05) is 0 Å². The van der Waals surface area contributed by atoms with Crippen LogP contribution >= 0.6 is 0 Å². The molecule has 0 N–H and O–H groups in total. The van der Waals surface area contributed by atoms with E-state index in [1.54, 1.807) is 12.1 Å². The van der Waals surface area contributed by atoms with Gasteiger partial charge in [0.15, 0.2) is 11.5 Å². The van der Waals surface area contributed by atoms with Crippen LogP contribution in [0.15, 0.2) is 18.2 Å². The monoisotopic (exact) mass is 403 g/mol. The van der Waals surface area contributed by atoms with Gasteiger partial charge in [0.2, 0.25) is 6.79 Å². The van der Waals surface area contributed by atoms with Gasteiger partial charge in [0, 0.05) is 13.1 Å². The van der Waals surface area contributed by atoms with Crippen molar-refractivity contribution in [2.75, 3.05) is 13.8 Å². The minimum atomic E-state index is -6.56. The number of fused-ring (bicyclic) bond motifs is 1. The van der Waals surface area contributed by atoms with Gasteiger partial charge in [-0.3, -0.25) is 4.79 Å². The second-order valence-corrected chi connectivity index (χ2v) is 6.02. The van der Waals surface area contributed by atoms with Gasteiger partial charge in [0.25, 0.3) is 5.91 Å². The molecule has 1 unspecified atom stereocenters. The lowest BCUT2D eigenvalue weighted by atomic mass is 10.0. The standard InChI is InChI=1S/C16H16F7NO3/c1-3-10(6-9-4-5-11-12(7-9)27-8-26-11)24(2)13(25)14(17,18)15(19,20)16(21,22)23/h4-5,7,10H,3,6,8H2,1-2H3. The summed E-state index contributed by atoms with van der Waals surface area (Å²) in [6.07, 6.45) is -6.57. The lowest BCUT2D eigenvalue weighted by Gasteiger charge is -2.34. The molecule has 1 aliphatic heterocycles. The molecule has 1 aliphatic rings. The van der Waals surface area contributed by atoms with Crippen LogP contribution in [0.5, 0.6) is 11.5 Å². The molecule has 0 aromatic heterocycles. The van der Waals surface area contributed by atoms with Gasteiger partial charge in [0.05, 0.1) is 0 Å². The Morgan fingerprint density at radius 1 is 1.11 bits per heavy atom. The van der Waals surface area contributed by atoms with E-state index < -0.39 is 30.0 Å². The summed E-state index contributed by atoms with van der Waals surface area (Å²) in [6, 6.07) is 3.58. The van der Waals surface area contributed by atoms with Crippen LogP contribution in [0.4, 0.5) is 30.7 Å². The van der Waals surface area contributed by atoms with E-state index in [4.69, 9.17) is 9.47 Å². The highest BCUT2D eigenvalue weighted by molar-refractivity contribution is 5.85. The van der Waals surface area contributed by atoms with Crippen molar-refractivity contribution in [1.82, 2.24) is 4.90 Å². The normalized spacial score (nSPS) is 15.6. The average Bonchev–Trinajstić information content (AvgIpc) is 3.04. The quantitative estimate of drug-likeness (QED) is 0.674. The van der Waals surface area contributed by atoms with Crippen LogP contribution in [-0.4, -0.2) is 48.7 Å². The second-order valence-electron chi connectivity index (χ2n) is 6.02. The van der Waals surface area contributed by atoms with E-state index in [0.29, 0.717) is 17.1 Å². The first kappa shape index (κ1) is 21.1. The Hall–Kier alpha value is -2.20. The number of halogens is 7. The topological polar surface area (TPSA) is 38.8 Å². The maximum Gasteiger partial charge on any atom is 0.460 e. The van der Waals surface area contributed by atoms with Gasteiger partial charge < -0.3 is 14.4 Å². The first-order valence-corrected chi connectivity index (χ1v) is 7.81. The first-order valence-electron chi connectivity index (χ1n) is 7.81. The first-order chi connectivity index (χ1) is 12.3. The van der Waals surface area contributed by atoms with Crippen LogP contribution in [0.3, 0.4) is 0 Å². The third-order valence-electron chi connectivity index (χ3n) is 4.27. The molecule has 0 saturated carbocycles. The van der Waals surface area contributed by atoms with Crippen LogP contribution in [0.25, 0.3) is 0 Å². The lowest BCUT2D eigenvalue weighted by Crippen LogP contribution is -2.61. The van der Waals surface area contributed by atoms with Crippen molar-refractivity contribution < 1.29 is 45.0 Å². The fourth-order valence-electron chi connectivity index (χ4n) is 2.59. The molecule has 4 nitrogen and oxygen atoms in total. The van der Waals surface area contributed by atoms with E-state index in [1.165, 1.54) is 13.0 Å². The minimum absolute atomic E-state index is 0.00682. The number of nitrogens with zero attached hydrogens (tertiary/aromatic N) is 1. The maximum atomic E-state index is 13.7. The Kier molecular flexibility index (Phi) is 5.53. The molecule has 0 aliphatic carbocycles. The zero-order valence-corrected chi connectivity index (χ0v) is 14.2. The maximum absolute atomic E-state index is 13.7. The van der Waals surface area contributed by atoms with Crippen molar-refractivity contribution in [2.45, 2.75) is 43.8 Å². The highest BCUT2D eigenvalue weighted by Gasteiger charge is 2.76. The van der Waals surface area contributed by atoms with Crippen molar-refractivity contribution in [3.8, 4) is 11.5 Å². The number of carbonyl (C=O) groups excluding carboxylic acids is 1. The number of benzene rings is 1. The van der Waals surface area contributed by atoms with Crippen LogP contribution in [0, 0.1) is 0 Å². The molecule has 0 spiro atoms. The summed E-state index contributed by atoms with van der Waals surface area (Å²) in [5.74, 6) is -14.2. The van der Waals surface area contributed by atoms with E-state index in [0.717, 1.165) is 7.05 Å². The summed E-state index contributed by atoms with van der Waals surface area (Å²) in [4.78, 5) is 12.0. The summed E-state index contributed by atoms with van der Waals surface area (Å²) in [6.45, 7) is 1.48. The summed E-state index contributed by atoms with van der Waals surface area (Å²) in [5.41, 5.74) is 0.511. The highest BCUT2D eigenvalue weighted by atomic mass is 19.4. The molecule has 0 radical (unpaired) electrons. The van der Waals surface area contributed by atoms with Crippen LogP contribution in [-0.2, 0) is 11.2 Å². The van der Waals surface area contributed by atoms with Crippen LogP contribution in [0.1, 0.15) is 18.9 Å². The van der Waals surface area contributed by atoms with Crippen LogP contribution < -0.4 is 9.47 Å². The SMILES string of the molecule is CCC(Cc1ccc2c(c1)OCO2)N(C)C(=O)C(F)(F)C(F)(F)C(F)(F)F. The smallest absolute Gasteiger partial charge is 0.454 e. The largest absolute Gasteiger partial charge is 0.460 e. The molecule has 1 amide bonds. The molecule has 27 heavy (non-hydrogen) atoms. The summed E-state index contributed by atoms with van der Waals surface area (Å²) in [7, 11) is 0.768. The number of ether oxygens (including phenoxy) is 2. The molecule has 152 valence electrons. The molecule has 1 atom stereocenters. The fraction of sp³-hybridized carbons (Fsp3) is 0.562. The number of alkyl halides is 7. The molecule has 0 bridgehead atoms. The molecule has 1 aromatic rings. The van der Waals surface area contributed by atoms with E-state index in [2.05, 4.69) is 0 Å². The van der Waals surface area contributed by atoms with Crippen molar-refractivity contribution in [1.29, 1.82) is 0 Å². The van der Waals surface area contributed by atoms with Gasteiger partial charge in [-0.1, -0.05) is 13.0 Å². The van der Waals surface area contributed by atoms with E-state index in [-0.39, 0.29) is 24.5 Å². The number of hydrogen-bond donors (Lipinski definition) is 0. The minimum Gasteiger partial charge on any atom is -0.454 e. The predicted octanol–water partition coefficient (Wildman–Crippen LogP) is 4.03. The fourth-order valence-corrected chi connectivity index (χ4v) is 2.59. The molecular formula is C16H16F7NO3. The number of carbonyl (C=O) groups is 1. The average molecular weight is 403 g/mol. The predicted molar refractivity (Wildman–Crippen MR) is 79.1 cm³/mol. The Labute approximate surface area is 149 Å². The Morgan fingerprint density at radius 3 is 2.26 bits per heavy atom. The molecule has 11 heteroatoms. The summed E-state index contributed by atoms with van der Waals surface area (Å²) < 4.78 is 101. The second kappa shape index (κ2) is 7.08. The molecular weight excluding hydrogens is 387 g/mol.